The summed E-state index contributed by atoms with van der Waals surface area (Å²) in [5.41, 5.74) is 1.23. The smallest absolute Gasteiger partial charge is 0.0975 e. The lowest BCUT2D eigenvalue weighted by atomic mass is 10.2. The molecule has 1 aromatic carbocycles. The fourth-order valence-corrected chi connectivity index (χ4v) is 1.04. The van der Waals surface area contributed by atoms with Gasteiger partial charge < -0.3 is 5.32 Å². The Morgan fingerprint density at radius 2 is 2.07 bits per heavy atom. The van der Waals surface area contributed by atoms with Gasteiger partial charge in [0.1, 0.15) is 0 Å². The molecule has 1 aromatic rings. The number of aliphatic imine (C=N–C) groups is 1. The van der Waals surface area contributed by atoms with E-state index < -0.39 is 0 Å². The van der Waals surface area contributed by atoms with Crippen molar-refractivity contribution in [2.75, 3.05) is 0 Å². The summed E-state index contributed by atoms with van der Waals surface area (Å²) >= 11 is 0. The normalized spacial score (nSPS) is 12.0. The number of nitrogens with one attached hydrogen (secondary N) is 1. The minimum Gasteiger partial charge on any atom is -0.351 e. The number of rotatable bonds is 3. The molecule has 0 heterocycles. The van der Waals surface area contributed by atoms with Gasteiger partial charge in [-0.2, -0.15) is 0 Å². The van der Waals surface area contributed by atoms with E-state index in [1.54, 1.807) is 0 Å². The lowest BCUT2D eigenvalue weighted by Crippen LogP contribution is -2.12. The van der Waals surface area contributed by atoms with Gasteiger partial charge in [-0.1, -0.05) is 36.4 Å². The third-order valence-corrected chi connectivity index (χ3v) is 1.80. The summed E-state index contributed by atoms with van der Waals surface area (Å²) in [5, 5.41) is 3.07. The van der Waals surface area contributed by atoms with Crippen LogP contribution in [-0.4, -0.2) is 5.84 Å². The molecule has 0 aromatic heterocycles. The Morgan fingerprint density at radius 1 is 1.36 bits per heavy atom. The Morgan fingerprint density at radius 3 is 2.71 bits per heavy atom. The molecule has 2 nitrogen and oxygen atoms in total. The molecule has 0 fully saturated rings. The van der Waals surface area contributed by atoms with E-state index in [-0.39, 0.29) is 0 Å². The maximum absolute atomic E-state index is 4.39. The van der Waals surface area contributed by atoms with E-state index >= 15 is 0 Å². The third-order valence-electron chi connectivity index (χ3n) is 1.80. The molecule has 1 rings (SSSR count). The summed E-state index contributed by atoms with van der Waals surface area (Å²) in [6.07, 6.45) is 3.82. The summed E-state index contributed by atoms with van der Waals surface area (Å²) < 4.78 is 0. The Bertz CT molecular complexity index is 312. The maximum atomic E-state index is 4.39. The summed E-state index contributed by atoms with van der Waals surface area (Å²) in [6.45, 7) is 4.66. The average Bonchev–Trinajstić information content (AvgIpc) is 2.25. The van der Waals surface area contributed by atoms with Gasteiger partial charge in [-0.3, -0.25) is 4.99 Å². The average molecular weight is 188 g/mol. The van der Waals surface area contributed by atoms with Crippen molar-refractivity contribution < 1.29 is 0 Å². The largest absolute Gasteiger partial charge is 0.351 e. The fraction of sp³-hybridized carbons (Fsp3) is 0.250. The van der Waals surface area contributed by atoms with Crippen LogP contribution >= 0.6 is 0 Å². The zero-order chi connectivity index (χ0) is 10.2. The van der Waals surface area contributed by atoms with Crippen molar-refractivity contribution in [3.05, 3.63) is 48.2 Å². The van der Waals surface area contributed by atoms with Crippen LogP contribution < -0.4 is 5.32 Å². The SMILES string of the molecule is C/C=C\NC(C)=NCc1ccccc1. The lowest BCUT2D eigenvalue weighted by molar-refractivity contribution is 1.04. The molecule has 0 bridgehead atoms. The second-order valence-electron chi connectivity index (χ2n) is 3.03. The van der Waals surface area contributed by atoms with Crippen LogP contribution in [0.2, 0.25) is 0 Å². The summed E-state index contributed by atoms with van der Waals surface area (Å²) in [4.78, 5) is 4.39. The molecule has 0 aliphatic heterocycles. The number of nitrogens with zero attached hydrogens (tertiary/aromatic N) is 1. The van der Waals surface area contributed by atoms with E-state index in [1.807, 2.05) is 44.3 Å². The summed E-state index contributed by atoms with van der Waals surface area (Å²) in [6, 6.07) is 10.2. The van der Waals surface area contributed by atoms with Gasteiger partial charge in [0.15, 0.2) is 0 Å². The molecule has 14 heavy (non-hydrogen) atoms. The highest BCUT2D eigenvalue weighted by atomic mass is 15.0. The van der Waals surface area contributed by atoms with Gasteiger partial charge in [0.2, 0.25) is 0 Å². The molecule has 0 radical (unpaired) electrons. The molecule has 2 heteroatoms. The van der Waals surface area contributed by atoms with Crippen LogP contribution in [0.1, 0.15) is 19.4 Å². The van der Waals surface area contributed by atoms with Crippen LogP contribution in [0.5, 0.6) is 0 Å². The van der Waals surface area contributed by atoms with Gasteiger partial charge >= 0.3 is 0 Å². The standard InChI is InChI=1S/C12H16N2/c1-3-9-13-11(2)14-10-12-7-5-4-6-8-12/h3-9H,10H2,1-2H3,(H,13,14)/b9-3-. The highest BCUT2D eigenvalue weighted by Gasteiger charge is 1.88. The first-order valence-electron chi connectivity index (χ1n) is 4.75. The Kier molecular flexibility index (Phi) is 4.48. The molecule has 0 aliphatic carbocycles. The first-order chi connectivity index (χ1) is 6.83. The van der Waals surface area contributed by atoms with Crippen molar-refractivity contribution in [1.82, 2.24) is 5.32 Å². The quantitative estimate of drug-likeness (QED) is 0.572. The predicted molar refractivity (Wildman–Crippen MR) is 61.2 cm³/mol. The van der Waals surface area contributed by atoms with Crippen molar-refractivity contribution in [2.45, 2.75) is 20.4 Å². The van der Waals surface area contributed by atoms with Crippen LogP contribution in [0, 0.1) is 0 Å². The molecular weight excluding hydrogens is 172 g/mol. The molecule has 0 unspecified atom stereocenters. The van der Waals surface area contributed by atoms with Crippen LogP contribution in [0.3, 0.4) is 0 Å². The first kappa shape index (κ1) is 10.5. The molecule has 0 amide bonds. The number of hydrogen-bond donors (Lipinski definition) is 1. The first-order valence-corrected chi connectivity index (χ1v) is 4.75. The Hall–Kier alpha value is -1.57. The van der Waals surface area contributed by atoms with Crippen molar-refractivity contribution in [3.8, 4) is 0 Å². The molecule has 0 spiro atoms. The van der Waals surface area contributed by atoms with Crippen molar-refractivity contribution in [3.63, 3.8) is 0 Å². The number of amidine groups is 1. The number of allylic oxidation sites excluding steroid dienone is 1. The third kappa shape index (κ3) is 3.90. The van der Waals surface area contributed by atoms with E-state index in [9.17, 15) is 0 Å². The Labute approximate surface area is 85.4 Å². The van der Waals surface area contributed by atoms with Crippen LogP contribution in [0.4, 0.5) is 0 Å². The van der Waals surface area contributed by atoms with Crippen molar-refractivity contribution in [1.29, 1.82) is 0 Å². The van der Waals surface area contributed by atoms with Gasteiger partial charge in [0, 0.05) is 0 Å². The fourth-order valence-electron chi connectivity index (χ4n) is 1.04. The maximum Gasteiger partial charge on any atom is 0.0975 e. The summed E-state index contributed by atoms with van der Waals surface area (Å²) in [7, 11) is 0. The van der Waals surface area contributed by atoms with E-state index in [0.29, 0.717) is 0 Å². The van der Waals surface area contributed by atoms with E-state index in [2.05, 4.69) is 22.4 Å². The molecule has 0 saturated heterocycles. The zero-order valence-corrected chi connectivity index (χ0v) is 8.70. The molecular formula is C12H16N2. The van der Waals surface area contributed by atoms with Crippen LogP contribution in [0.25, 0.3) is 0 Å². The van der Waals surface area contributed by atoms with Gasteiger partial charge in [-0.05, 0) is 25.6 Å². The van der Waals surface area contributed by atoms with E-state index in [4.69, 9.17) is 0 Å². The van der Waals surface area contributed by atoms with Crippen LogP contribution in [-0.2, 0) is 6.54 Å². The zero-order valence-electron chi connectivity index (χ0n) is 8.70. The monoisotopic (exact) mass is 188 g/mol. The van der Waals surface area contributed by atoms with Crippen molar-refractivity contribution >= 4 is 5.84 Å². The molecule has 0 saturated carbocycles. The highest BCUT2D eigenvalue weighted by Crippen LogP contribution is 1.99. The van der Waals surface area contributed by atoms with Gasteiger partial charge in [0.25, 0.3) is 0 Å². The number of benzene rings is 1. The Balaban J connectivity index is 2.46. The minimum absolute atomic E-state index is 0.733. The lowest BCUT2D eigenvalue weighted by Gasteiger charge is -1.99. The van der Waals surface area contributed by atoms with Crippen LogP contribution in [0.15, 0.2) is 47.6 Å². The van der Waals surface area contributed by atoms with Gasteiger partial charge in [-0.15, -0.1) is 0 Å². The van der Waals surface area contributed by atoms with Gasteiger partial charge in [-0.25, -0.2) is 0 Å². The number of hydrogen-bond acceptors (Lipinski definition) is 1. The summed E-state index contributed by atoms with van der Waals surface area (Å²) in [5.74, 6) is 0.937. The molecule has 1 N–H and O–H groups in total. The van der Waals surface area contributed by atoms with Crippen molar-refractivity contribution in [2.24, 2.45) is 4.99 Å². The van der Waals surface area contributed by atoms with E-state index in [1.165, 1.54) is 5.56 Å². The van der Waals surface area contributed by atoms with Gasteiger partial charge in [0.05, 0.1) is 12.4 Å². The topological polar surface area (TPSA) is 24.4 Å². The molecule has 0 aliphatic rings. The minimum atomic E-state index is 0.733. The predicted octanol–water partition coefficient (Wildman–Crippen LogP) is 2.73. The molecule has 0 atom stereocenters. The molecule has 74 valence electrons. The second-order valence-corrected chi connectivity index (χ2v) is 3.03. The van der Waals surface area contributed by atoms with E-state index in [0.717, 1.165) is 12.4 Å². The second kappa shape index (κ2) is 5.97. The highest BCUT2D eigenvalue weighted by molar-refractivity contribution is 5.80.